The third-order valence-electron chi connectivity index (χ3n) is 6.98. The van der Waals surface area contributed by atoms with Gasteiger partial charge in [0.05, 0.1) is 17.8 Å². The summed E-state index contributed by atoms with van der Waals surface area (Å²) >= 11 is 0. The number of hydrogen-bond donors (Lipinski definition) is 0. The van der Waals surface area contributed by atoms with Crippen molar-refractivity contribution in [1.29, 1.82) is 0 Å². The van der Waals surface area contributed by atoms with E-state index in [9.17, 15) is 0 Å². The van der Waals surface area contributed by atoms with Crippen LogP contribution in [-0.2, 0) is 11.3 Å². The molecule has 1 aromatic heterocycles. The zero-order valence-electron chi connectivity index (χ0n) is 16.8. The van der Waals surface area contributed by atoms with Gasteiger partial charge in [-0.25, -0.2) is 0 Å². The van der Waals surface area contributed by atoms with Gasteiger partial charge in [0.1, 0.15) is 0 Å². The molecule has 0 spiro atoms. The molecule has 0 N–H and O–H groups in total. The summed E-state index contributed by atoms with van der Waals surface area (Å²) in [5.41, 5.74) is 2.63. The average molecular weight is 368 g/mol. The van der Waals surface area contributed by atoms with Crippen molar-refractivity contribution < 1.29 is 4.74 Å². The highest BCUT2D eigenvalue weighted by Gasteiger charge is 2.41. The molecule has 2 saturated heterocycles. The lowest BCUT2D eigenvalue weighted by atomic mass is 9.98. The van der Waals surface area contributed by atoms with E-state index < -0.39 is 0 Å². The molecule has 2 aromatic rings. The van der Waals surface area contributed by atoms with Gasteiger partial charge in [0, 0.05) is 37.2 Å². The molecule has 4 atom stereocenters. The van der Waals surface area contributed by atoms with Crippen molar-refractivity contribution in [2.24, 2.45) is 11.8 Å². The Hall–Kier alpha value is -1.39. The molecule has 0 amide bonds. The Labute approximate surface area is 162 Å². The number of fused-ring (bicyclic) bond motifs is 3. The predicted octanol–water partition coefficient (Wildman–Crippen LogP) is 4.40. The highest BCUT2D eigenvalue weighted by Crippen LogP contribution is 2.38. The predicted molar refractivity (Wildman–Crippen MR) is 109 cm³/mol. The Kier molecular flexibility index (Phi) is 4.73. The van der Waals surface area contributed by atoms with Gasteiger partial charge in [-0.05, 0) is 62.8 Å². The van der Waals surface area contributed by atoms with E-state index in [0.717, 1.165) is 31.2 Å². The van der Waals surface area contributed by atoms with Gasteiger partial charge >= 0.3 is 0 Å². The van der Waals surface area contributed by atoms with Gasteiger partial charge in [0.15, 0.2) is 0 Å². The van der Waals surface area contributed by atoms with Gasteiger partial charge in [-0.2, -0.15) is 5.10 Å². The van der Waals surface area contributed by atoms with Gasteiger partial charge in [-0.3, -0.25) is 9.58 Å². The minimum atomic E-state index is 0.521. The highest BCUT2D eigenvalue weighted by atomic mass is 16.5. The van der Waals surface area contributed by atoms with E-state index in [2.05, 4.69) is 46.7 Å². The largest absolute Gasteiger partial charge is 0.378 e. The number of nitrogens with zero attached hydrogens (tertiary/aromatic N) is 3. The second kappa shape index (κ2) is 7.21. The maximum Gasteiger partial charge on any atom is 0.0711 e. The number of ether oxygens (including phenoxy) is 1. The van der Waals surface area contributed by atoms with E-state index in [1.54, 1.807) is 0 Å². The molecule has 1 aliphatic carbocycles. The first-order valence-electron chi connectivity index (χ1n) is 11.0. The third-order valence-corrected chi connectivity index (χ3v) is 6.98. The summed E-state index contributed by atoms with van der Waals surface area (Å²) in [6, 6.07) is 7.97. The molecule has 0 unspecified atom stereocenters. The topological polar surface area (TPSA) is 30.3 Å². The SMILES string of the molecule is Cc1cccc2cnn(C[C@H](C)CN3[C@@H]4CC[C@H]3C[C@@H](OCC3CC3)C4)c12. The highest BCUT2D eigenvalue weighted by molar-refractivity contribution is 5.81. The number of aromatic nitrogens is 2. The van der Waals surface area contributed by atoms with Crippen LogP contribution >= 0.6 is 0 Å². The fourth-order valence-corrected chi connectivity index (χ4v) is 5.39. The van der Waals surface area contributed by atoms with Gasteiger partial charge in [-0.15, -0.1) is 0 Å². The van der Waals surface area contributed by atoms with Crippen molar-refractivity contribution >= 4 is 10.9 Å². The van der Waals surface area contributed by atoms with Crippen LogP contribution in [0.15, 0.2) is 24.4 Å². The molecule has 5 rings (SSSR count). The zero-order chi connectivity index (χ0) is 18.4. The Morgan fingerprint density at radius 1 is 1.11 bits per heavy atom. The standard InChI is InChI=1S/C23H33N3O/c1-16(14-26-23-17(2)4-3-5-19(23)12-24-26)13-25-20-8-9-21(25)11-22(10-20)27-15-18-6-7-18/h3-5,12,16,18,20-22H,6-11,13-15H2,1-2H3/t16-,20-,21+,22+/m1/s1. The molecule has 4 heteroatoms. The van der Waals surface area contributed by atoms with Crippen LogP contribution in [0.1, 0.15) is 51.0 Å². The average Bonchev–Trinajstić information content (AvgIpc) is 3.35. The van der Waals surface area contributed by atoms with Crippen molar-refractivity contribution in [2.75, 3.05) is 13.2 Å². The first kappa shape index (κ1) is 17.7. The molecule has 4 nitrogen and oxygen atoms in total. The number of para-hydroxylation sites is 1. The summed E-state index contributed by atoms with van der Waals surface area (Å²) in [4.78, 5) is 2.81. The molecule has 1 aromatic carbocycles. The third kappa shape index (κ3) is 3.66. The molecule has 1 saturated carbocycles. The number of aryl methyl sites for hydroxylation is 1. The monoisotopic (exact) mass is 367 g/mol. The first-order valence-corrected chi connectivity index (χ1v) is 11.0. The summed E-state index contributed by atoms with van der Waals surface area (Å²) in [5, 5.41) is 5.94. The minimum Gasteiger partial charge on any atom is -0.378 e. The van der Waals surface area contributed by atoms with Gasteiger partial charge in [0.2, 0.25) is 0 Å². The molecule has 27 heavy (non-hydrogen) atoms. The molecule has 2 bridgehead atoms. The maximum atomic E-state index is 6.25. The molecule has 146 valence electrons. The van der Waals surface area contributed by atoms with E-state index in [1.165, 1.54) is 61.5 Å². The van der Waals surface area contributed by atoms with Crippen LogP contribution in [0.3, 0.4) is 0 Å². The lowest BCUT2D eigenvalue weighted by Crippen LogP contribution is -2.47. The normalized spacial score (nSPS) is 29.5. The van der Waals surface area contributed by atoms with Gasteiger partial charge in [-0.1, -0.05) is 25.1 Å². The molecule has 3 aliphatic rings. The lowest BCUT2D eigenvalue weighted by Gasteiger charge is -2.40. The Balaban J connectivity index is 1.20. The first-order chi connectivity index (χ1) is 13.2. The summed E-state index contributed by atoms with van der Waals surface area (Å²) < 4.78 is 8.47. The number of benzene rings is 1. The molecule has 3 heterocycles. The summed E-state index contributed by atoms with van der Waals surface area (Å²) in [6.07, 6.45) is 10.6. The number of hydrogen-bond acceptors (Lipinski definition) is 3. The molecule has 2 aliphatic heterocycles. The van der Waals surface area contributed by atoms with Crippen LogP contribution in [0.4, 0.5) is 0 Å². The van der Waals surface area contributed by atoms with E-state index in [0.29, 0.717) is 12.0 Å². The lowest BCUT2D eigenvalue weighted by molar-refractivity contribution is -0.0276. The summed E-state index contributed by atoms with van der Waals surface area (Å²) in [5.74, 6) is 1.49. The smallest absolute Gasteiger partial charge is 0.0711 e. The van der Waals surface area contributed by atoms with Gasteiger partial charge in [0.25, 0.3) is 0 Å². The van der Waals surface area contributed by atoms with Crippen molar-refractivity contribution in [1.82, 2.24) is 14.7 Å². The van der Waals surface area contributed by atoms with E-state index in [1.807, 2.05) is 6.20 Å². The van der Waals surface area contributed by atoms with Crippen molar-refractivity contribution in [3.8, 4) is 0 Å². The van der Waals surface area contributed by atoms with Crippen LogP contribution < -0.4 is 0 Å². The fourth-order valence-electron chi connectivity index (χ4n) is 5.39. The Morgan fingerprint density at radius 2 is 1.89 bits per heavy atom. The molecular weight excluding hydrogens is 334 g/mol. The van der Waals surface area contributed by atoms with E-state index in [4.69, 9.17) is 4.74 Å². The maximum absolute atomic E-state index is 6.25. The zero-order valence-corrected chi connectivity index (χ0v) is 16.8. The number of rotatable bonds is 7. The minimum absolute atomic E-state index is 0.521. The molecular formula is C23H33N3O. The van der Waals surface area contributed by atoms with Crippen LogP contribution in [-0.4, -0.2) is 46.0 Å². The Morgan fingerprint density at radius 3 is 2.63 bits per heavy atom. The van der Waals surface area contributed by atoms with Crippen molar-refractivity contribution in [2.45, 2.75) is 77.1 Å². The van der Waals surface area contributed by atoms with Crippen molar-refractivity contribution in [3.05, 3.63) is 30.0 Å². The fraction of sp³-hybridized carbons (Fsp3) is 0.696. The summed E-state index contributed by atoms with van der Waals surface area (Å²) in [6.45, 7) is 7.80. The van der Waals surface area contributed by atoms with Crippen molar-refractivity contribution in [3.63, 3.8) is 0 Å². The van der Waals surface area contributed by atoms with Crippen LogP contribution in [0.5, 0.6) is 0 Å². The second-order valence-corrected chi connectivity index (χ2v) is 9.40. The van der Waals surface area contributed by atoms with Crippen LogP contribution in [0.25, 0.3) is 10.9 Å². The second-order valence-electron chi connectivity index (χ2n) is 9.40. The van der Waals surface area contributed by atoms with Gasteiger partial charge < -0.3 is 4.74 Å². The Bertz CT molecular complexity index is 782. The number of piperidine rings is 1. The quantitative estimate of drug-likeness (QED) is 0.726. The van der Waals surface area contributed by atoms with Crippen LogP contribution in [0.2, 0.25) is 0 Å². The molecule has 3 fully saturated rings. The van der Waals surface area contributed by atoms with E-state index in [-0.39, 0.29) is 0 Å². The van der Waals surface area contributed by atoms with Crippen LogP contribution in [0, 0.1) is 18.8 Å². The summed E-state index contributed by atoms with van der Waals surface area (Å²) in [7, 11) is 0. The van der Waals surface area contributed by atoms with E-state index >= 15 is 0 Å². The molecule has 0 radical (unpaired) electrons.